The van der Waals surface area contributed by atoms with Crippen molar-refractivity contribution in [1.82, 2.24) is 4.98 Å². The maximum absolute atomic E-state index is 14.0. The van der Waals surface area contributed by atoms with E-state index >= 15 is 0 Å². The van der Waals surface area contributed by atoms with Gasteiger partial charge >= 0.3 is 0 Å². The van der Waals surface area contributed by atoms with Gasteiger partial charge < -0.3 is 10.1 Å². The molecule has 0 fully saturated rings. The summed E-state index contributed by atoms with van der Waals surface area (Å²) in [5.41, 5.74) is 2.42. The van der Waals surface area contributed by atoms with Crippen molar-refractivity contribution in [2.75, 3.05) is 5.32 Å². The first-order valence-electron chi connectivity index (χ1n) is 13.8. The van der Waals surface area contributed by atoms with Crippen molar-refractivity contribution >= 4 is 22.4 Å². The van der Waals surface area contributed by atoms with E-state index in [1.165, 1.54) is 11.3 Å². The van der Waals surface area contributed by atoms with Gasteiger partial charge in [0.15, 0.2) is 5.13 Å². The maximum atomic E-state index is 14.0. The summed E-state index contributed by atoms with van der Waals surface area (Å²) in [6, 6.07) is 32.5. The Morgan fingerprint density at radius 2 is 1.52 bits per heavy atom. The van der Waals surface area contributed by atoms with Crippen molar-refractivity contribution in [3.05, 3.63) is 152 Å². The summed E-state index contributed by atoms with van der Waals surface area (Å²) in [4.78, 5) is 31.4. The highest BCUT2D eigenvalue weighted by Gasteiger charge is 2.67. The fourth-order valence-corrected chi connectivity index (χ4v) is 7.45. The zero-order valence-electron chi connectivity index (χ0n) is 22.8. The Morgan fingerprint density at radius 3 is 2.17 bits per heavy atom. The topological polar surface area (TPSA) is 94.4 Å². The smallest absolute Gasteiger partial charge is 0.273 e. The number of nitro groups is 1. The molecule has 1 unspecified atom stereocenters. The van der Waals surface area contributed by atoms with Crippen molar-refractivity contribution in [3.63, 3.8) is 0 Å². The number of thiazole rings is 1. The molecule has 0 spiro atoms. The van der Waals surface area contributed by atoms with Gasteiger partial charge in [-0.3, -0.25) is 14.9 Å². The third-order valence-electron chi connectivity index (χ3n) is 8.59. The Labute approximate surface area is 247 Å². The summed E-state index contributed by atoms with van der Waals surface area (Å²) in [7, 11) is 0. The standard InChI is InChI=1S/C34H27N3O4S/c1-33(21-34(37(39)40)28-13-7-5-11-26(28)30(33)27-12-6-8-14-29(27)34)31(38)36-32-35-23(20-42-32)19-22-15-17-25(18-16-22)41-24-9-3-2-4-10-24/h2-18,20,30H,19,21H2,1H3,(H,35,36,38). The molecule has 7 nitrogen and oxygen atoms in total. The highest BCUT2D eigenvalue weighted by molar-refractivity contribution is 7.13. The first-order chi connectivity index (χ1) is 20.4. The van der Waals surface area contributed by atoms with E-state index in [1.54, 1.807) is 0 Å². The number of hydrogen-bond acceptors (Lipinski definition) is 6. The van der Waals surface area contributed by atoms with E-state index in [0.717, 1.165) is 33.9 Å². The van der Waals surface area contributed by atoms with Crippen LogP contribution >= 0.6 is 11.3 Å². The second-order valence-corrected chi connectivity index (χ2v) is 12.0. The van der Waals surface area contributed by atoms with Gasteiger partial charge in [-0.2, -0.15) is 0 Å². The molecule has 0 saturated carbocycles. The fourth-order valence-electron chi connectivity index (χ4n) is 6.74. The molecular formula is C34H27N3O4S. The molecule has 42 heavy (non-hydrogen) atoms. The number of nitrogens with zero attached hydrogens (tertiary/aromatic N) is 2. The van der Waals surface area contributed by atoms with Gasteiger partial charge in [0.1, 0.15) is 11.5 Å². The monoisotopic (exact) mass is 573 g/mol. The van der Waals surface area contributed by atoms with E-state index in [4.69, 9.17) is 4.74 Å². The second-order valence-electron chi connectivity index (χ2n) is 11.2. The third kappa shape index (κ3) is 4.10. The number of para-hydroxylation sites is 1. The average Bonchev–Trinajstić information content (AvgIpc) is 3.45. The molecule has 4 aromatic carbocycles. The van der Waals surface area contributed by atoms with Gasteiger partial charge in [-0.1, -0.05) is 78.9 Å². The number of amides is 1. The molecule has 0 radical (unpaired) electrons. The lowest BCUT2D eigenvalue weighted by atomic mass is 9.49. The van der Waals surface area contributed by atoms with Crippen LogP contribution in [0.3, 0.4) is 0 Å². The molecule has 3 aliphatic rings. The molecule has 8 heteroatoms. The molecule has 8 rings (SSSR count). The van der Waals surface area contributed by atoms with Crippen molar-refractivity contribution < 1.29 is 14.5 Å². The molecule has 1 atom stereocenters. The van der Waals surface area contributed by atoms with E-state index < -0.39 is 11.0 Å². The number of aromatic nitrogens is 1. The van der Waals surface area contributed by atoms with Crippen molar-refractivity contribution in [3.8, 4) is 11.5 Å². The van der Waals surface area contributed by atoms with Crippen LogP contribution in [0.5, 0.6) is 11.5 Å². The number of nitrogens with one attached hydrogen (secondary N) is 1. The SMILES string of the molecule is CC1(C(=O)Nc2nc(Cc3ccc(Oc4ccccc4)cc3)cs2)CC2([N+](=O)[O-])c3ccccc3C1c1ccccc12. The van der Waals surface area contributed by atoms with Crippen LogP contribution in [0.15, 0.2) is 109 Å². The van der Waals surface area contributed by atoms with Gasteiger partial charge in [-0.05, 0) is 47.9 Å². The number of carbonyl (C=O) groups excluding carboxylic acids is 1. The van der Waals surface area contributed by atoms with Crippen molar-refractivity contribution in [1.29, 1.82) is 0 Å². The molecular weight excluding hydrogens is 546 g/mol. The number of benzene rings is 4. The van der Waals surface area contributed by atoms with Crippen molar-refractivity contribution in [2.45, 2.75) is 31.2 Å². The van der Waals surface area contributed by atoms with Gasteiger partial charge in [0, 0.05) is 40.2 Å². The lowest BCUT2D eigenvalue weighted by Gasteiger charge is -2.52. The summed E-state index contributed by atoms with van der Waals surface area (Å²) in [6.45, 7) is 1.85. The lowest BCUT2D eigenvalue weighted by molar-refractivity contribution is -0.573. The van der Waals surface area contributed by atoms with Crippen LogP contribution in [-0.2, 0) is 16.8 Å². The number of anilines is 1. The average molecular weight is 574 g/mol. The van der Waals surface area contributed by atoms with Gasteiger partial charge in [0.2, 0.25) is 5.91 Å². The summed E-state index contributed by atoms with van der Waals surface area (Å²) in [5.74, 6) is 0.969. The fraction of sp³-hybridized carbons (Fsp3) is 0.176. The van der Waals surface area contributed by atoms with Gasteiger partial charge in [0.05, 0.1) is 11.1 Å². The summed E-state index contributed by atoms with van der Waals surface area (Å²) < 4.78 is 5.88. The highest BCUT2D eigenvalue weighted by Crippen LogP contribution is 2.64. The third-order valence-corrected chi connectivity index (χ3v) is 9.39. The molecule has 1 amide bonds. The minimum Gasteiger partial charge on any atom is -0.457 e. The number of fused-ring (bicyclic) bond motifs is 1. The van der Waals surface area contributed by atoms with Crippen LogP contribution in [-0.4, -0.2) is 15.8 Å². The Kier molecular flexibility index (Phi) is 6.17. The van der Waals surface area contributed by atoms with Gasteiger partial charge in [0.25, 0.3) is 5.54 Å². The molecule has 0 saturated heterocycles. The zero-order chi connectivity index (χ0) is 28.9. The van der Waals surface area contributed by atoms with Gasteiger partial charge in [-0.15, -0.1) is 11.3 Å². The molecule has 3 aliphatic carbocycles. The summed E-state index contributed by atoms with van der Waals surface area (Å²) in [5, 5.41) is 18.3. The predicted octanol–water partition coefficient (Wildman–Crippen LogP) is 7.54. The predicted molar refractivity (Wildman–Crippen MR) is 162 cm³/mol. The van der Waals surface area contributed by atoms with Crippen LogP contribution in [0.1, 0.15) is 52.8 Å². The molecule has 1 heterocycles. The Bertz CT molecular complexity index is 1770. The minimum absolute atomic E-state index is 0.0765. The van der Waals surface area contributed by atoms with E-state index in [9.17, 15) is 14.9 Å². The number of rotatable bonds is 7. The number of carbonyl (C=O) groups is 1. The molecule has 5 aromatic rings. The quantitative estimate of drug-likeness (QED) is 0.160. The highest BCUT2D eigenvalue weighted by atomic mass is 32.1. The number of ether oxygens (including phenoxy) is 1. The second kappa shape index (κ2) is 9.92. The normalized spacial score (nSPS) is 21.7. The summed E-state index contributed by atoms with van der Waals surface area (Å²) >= 11 is 1.36. The molecule has 2 bridgehead atoms. The first-order valence-corrected chi connectivity index (χ1v) is 14.7. The number of hydrogen-bond donors (Lipinski definition) is 1. The lowest BCUT2D eigenvalue weighted by Crippen LogP contribution is -2.57. The minimum atomic E-state index is -1.49. The first kappa shape index (κ1) is 26.1. The van der Waals surface area contributed by atoms with E-state index in [2.05, 4.69) is 10.3 Å². The van der Waals surface area contributed by atoms with Crippen molar-refractivity contribution in [2.24, 2.45) is 5.41 Å². The molecule has 0 aliphatic heterocycles. The van der Waals surface area contributed by atoms with E-state index in [0.29, 0.717) is 22.7 Å². The Morgan fingerprint density at radius 1 is 0.929 bits per heavy atom. The maximum Gasteiger partial charge on any atom is 0.273 e. The van der Waals surface area contributed by atoms with Crippen LogP contribution in [0, 0.1) is 15.5 Å². The largest absolute Gasteiger partial charge is 0.457 e. The van der Waals surface area contributed by atoms with Crippen LogP contribution in [0.2, 0.25) is 0 Å². The van der Waals surface area contributed by atoms with E-state index in [-0.39, 0.29) is 23.2 Å². The zero-order valence-corrected chi connectivity index (χ0v) is 23.6. The van der Waals surface area contributed by atoms with Crippen LogP contribution in [0.25, 0.3) is 0 Å². The van der Waals surface area contributed by atoms with Crippen LogP contribution in [0.4, 0.5) is 5.13 Å². The molecule has 208 valence electrons. The summed E-state index contributed by atoms with van der Waals surface area (Å²) in [6.07, 6.45) is 0.677. The van der Waals surface area contributed by atoms with Crippen LogP contribution < -0.4 is 10.1 Å². The van der Waals surface area contributed by atoms with E-state index in [1.807, 2.05) is 115 Å². The molecule has 1 aromatic heterocycles. The molecule has 1 N–H and O–H groups in total. The Balaban J connectivity index is 1.12. The Hall–Kier alpha value is -4.82. The van der Waals surface area contributed by atoms with Gasteiger partial charge in [-0.25, -0.2) is 4.98 Å².